The quantitative estimate of drug-likeness (QED) is 0.838. The Balaban J connectivity index is 1.70. The summed E-state index contributed by atoms with van der Waals surface area (Å²) in [4.78, 5) is 0. The Morgan fingerprint density at radius 2 is 2.20 bits per heavy atom. The second-order valence-corrected chi connectivity index (χ2v) is 6.47. The third-order valence-electron chi connectivity index (χ3n) is 4.65. The second-order valence-electron chi connectivity index (χ2n) is 6.47. The van der Waals surface area contributed by atoms with Gasteiger partial charge in [0.25, 0.3) is 0 Å². The highest BCUT2D eigenvalue weighted by Gasteiger charge is 2.32. The predicted octanol–water partition coefficient (Wildman–Crippen LogP) is 2.72. The summed E-state index contributed by atoms with van der Waals surface area (Å²) in [7, 11) is 0. The van der Waals surface area contributed by atoms with Crippen LogP contribution in [-0.2, 0) is 4.74 Å². The van der Waals surface area contributed by atoms with Gasteiger partial charge in [-0.25, -0.2) is 0 Å². The van der Waals surface area contributed by atoms with Gasteiger partial charge in [0.05, 0.1) is 5.60 Å². The van der Waals surface area contributed by atoms with Gasteiger partial charge in [0.2, 0.25) is 0 Å². The van der Waals surface area contributed by atoms with Gasteiger partial charge in [-0.3, -0.25) is 0 Å². The molecule has 1 aliphatic carbocycles. The zero-order chi connectivity index (χ0) is 14.0. The fraction of sp³-hybridized carbons (Fsp3) is 0.647. The molecule has 1 saturated carbocycles. The molecule has 1 saturated heterocycles. The Morgan fingerprint density at radius 3 is 2.85 bits per heavy atom. The monoisotopic (exact) mass is 274 g/mol. The lowest BCUT2D eigenvalue weighted by Crippen LogP contribution is -2.41. The summed E-state index contributed by atoms with van der Waals surface area (Å²) >= 11 is 0. The topological polar surface area (TPSA) is 47.3 Å². The van der Waals surface area contributed by atoms with Gasteiger partial charge in [-0.2, -0.15) is 0 Å². The first-order chi connectivity index (χ1) is 9.72. The van der Waals surface area contributed by atoms with Crippen LogP contribution in [0.4, 0.5) is 0 Å². The van der Waals surface area contributed by atoms with Crippen LogP contribution in [0.25, 0.3) is 0 Å². The zero-order valence-corrected chi connectivity index (χ0v) is 12.4. The van der Waals surface area contributed by atoms with Crippen LogP contribution in [0.3, 0.4) is 0 Å². The van der Waals surface area contributed by atoms with Crippen LogP contribution in [0.1, 0.15) is 55.7 Å². The highest BCUT2D eigenvalue weighted by atomic mass is 16.5. The minimum atomic E-state index is -0.0120. The van der Waals surface area contributed by atoms with E-state index in [-0.39, 0.29) is 11.6 Å². The molecule has 2 atom stereocenters. The molecule has 2 unspecified atom stereocenters. The standard InChI is InChI=1S/C17H26N2O/c1-17(9-4-10-20-17)12-19-16(11-18)15-6-3-2-5-14(15)13-7-8-13/h2-3,5-6,13,16,19H,4,7-12,18H2,1H3. The molecule has 0 spiro atoms. The van der Waals surface area contributed by atoms with Crippen molar-refractivity contribution in [2.75, 3.05) is 19.7 Å². The average molecular weight is 274 g/mol. The van der Waals surface area contributed by atoms with Gasteiger partial charge in [0, 0.05) is 25.7 Å². The molecule has 0 radical (unpaired) electrons. The molecule has 1 aromatic rings. The Morgan fingerprint density at radius 1 is 1.40 bits per heavy atom. The smallest absolute Gasteiger partial charge is 0.0779 e. The van der Waals surface area contributed by atoms with Crippen molar-refractivity contribution in [1.29, 1.82) is 0 Å². The molecule has 2 fully saturated rings. The third-order valence-corrected chi connectivity index (χ3v) is 4.65. The van der Waals surface area contributed by atoms with Gasteiger partial charge in [-0.15, -0.1) is 0 Å². The lowest BCUT2D eigenvalue weighted by atomic mass is 9.95. The third kappa shape index (κ3) is 3.05. The molecule has 3 nitrogen and oxygen atoms in total. The van der Waals surface area contributed by atoms with Crippen molar-refractivity contribution in [1.82, 2.24) is 5.32 Å². The molecule has 3 heteroatoms. The van der Waals surface area contributed by atoms with Crippen LogP contribution in [0.2, 0.25) is 0 Å². The summed E-state index contributed by atoms with van der Waals surface area (Å²) in [5.74, 6) is 0.764. The number of ether oxygens (including phenoxy) is 1. The first kappa shape index (κ1) is 14.1. The predicted molar refractivity (Wildman–Crippen MR) is 81.8 cm³/mol. The fourth-order valence-electron chi connectivity index (χ4n) is 3.23. The molecular formula is C17H26N2O. The first-order valence-corrected chi connectivity index (χ1v) is 7.88. The molecule has 110 valence electrons. The maximum atomic E-state index is 6.02. The lowest BCUT2D eigenvalue weighted by Gasteiger charge is -2.28. The van der Waals surface area contributed by atoms with Crippen molar-refractivity contribution >= 4 is 0 Å². The number of nitrogens with one attached hydrogen (secondary N) is 1. The minimum Gasteiger partial charge on any atom is -0.374 e. The minimum absolute atomic E-state index is 0.0120. The van der Waals surface area contributed by atoms with Gasteiger partial charge in [0.1, 0.15) is 0 Å². The Hall–Kier alpha value is -0.900. The number of hydrogen-bond acceptors (Lipinski definition) is 3. The van der Waals surface area contributed by atoms with Crippen LogP contribution in [0.15, 0.2) is 24.3 Å². The van der Waals surface area contributed by atoms with Crippen molar-refractivity contribution in [2.24, 2.45) is 5.73 Å². The van der Waals surface area contributed by atoms with E-state index >= 15 is 0 Å². The summed E-state index contributed by atoms with van der Waals surface area (Å²) in [6, 6.07) is 9.01. The molecule has 0 amide bonds. The number of nitrogens with two attached hydrogens (primary N) is 1. The Kier molecular flexibility index (Phi) is 4.11. The summed E-state index contributed by atoms with van der Waals surface area (Å²) in [6.07, 6.45) is 4.97. The van der Waals surface area contributed by atoms with Crippen molar-refractivity contribution in [3.05, 3.63) is 35.4 Å². The molecule has 2 aliphatic rings. The van der Waals surface area contributed by atoms with E-state index in [1.165, 1.54) is 30.4 Å². The van der Waals surface area contributed by atoms with E-state index in [2.05, 4.69) is 36.5 Å². The average Bonchev–Trinajstić information content (AvgIpc) is 3.23. The lowest BCUT2D eigenvalue weighted by molar-refractivity contribution is 0.0189. The van der Waals surface area contributed by atoms with Crippen LogP contribution >= 0.6 is 0 Å². The molecule has 20 heavy (non-hydrogen) atoms. The van der Waals surface area contributed by atoms with Crippen LogP contribution in [-0.4, -0.2) is 25.3 Å². The Labute approximate surface area is 121 Å². The van der Waals surface area contributed by atoms with Gasteiger partial charge >= 0.3 is 0 Å². The Bertz CT molecular complexity index is 450. The fourth-order valence-corrected chi connectivity index (χ4v) is 3.23. The van der Waals surface area contributed by atoms with Gasteiger partial charge in [-0.1, -0.05) is 24.3 Å². The molecule has 1 aromatic carbocycles. The molecule has 3 rings (SSSR count). The van der Waals surface area contributed by atoms with E-state index in [0.29, 0.717) is 6.54 Å². The first-order valence-electron chi connectivity index (χ1n) is 7.88. The van der Waals surface area contributed by atoms with Gasteiger partial charge in [0.15, 0.2) is 0 Å². The maximum absolute atomic E-state index is 6.02. The van der Waals surface area contributed by atoms with Crippen molar-refractivity contribution < 1.29 is 4.74 Å². The van der Waals surface area contributed by atoms with Crippen molar-refractivity contribution in [2.45, 2.75) is 50.2 Å². The molecule has 0 bridgehead atoms. The highest BCUT2D eigenvalue weighted by molar-refractivity contribution is 5.35. The molecule has 0 aromatic heterocycles. The van der Waals surface area contributed by atoms with E-state index in [9.17, 15) is 0 Å². The normalized spacial score (nSPS) is 27.7. The van der Waals surface area contributed by atoms with Gasteiger partial charge in [-0.05, 0) is 49.7 Å². The number of rotatable bonds is 6. The number of hydrogen-bond donors (Lipinski definition) is 2. The molecule has 1 heterocycles. The van der Waals surface area contributed by atoms with Crippen molar-refractivity contribution in [3.8, 4) is 0 Å². The van der Waals surface area contributed by atoms with Crippen LogP contribution in [0, 0.1) is 0 Å². The van der Waals surface area contributed by atoms with E-state index in [0.717, 1.165) is 25.5 Å². The van der Waals surface area contributed by atoms with E-state index < -0.39 is 0 Å². The molecular weight excluding hydrogens is 248 g/mol. The van der Waals surface area contributed by atoms with E-state index in [1.54, 1.807) is 0 Å². The van der Waals surface area contributed by atoms with Crippen LogP contribution < -0.4 is 11.1 Å². The van der Waals surface area contributed by atoms with Gasteiger partial charge < -0.3 is 15.8 Å². The highest BCUT2D eigenvalue weighted by Crippen LogP contribution is 2.42. The van der Waals surface area contributed by atoms with Crippen molar-refractivity contribution in [3.63, 3.8) is 0 Å². The number of benzene rings is 1. The summed E-state index contributed by atoms with van der Waals surface area (Å²) < 4.78 is 5.86. The summed E-state index contributed by atoms with van der Waals surface area (Å²) in [5.41, 5.74) is 8.89. The van der Waals surface area contributed by atoms with Crippen LogP contribution in [0.5, 0.6) is 0 Å². The van der Waals surface area contributed by atoms with E-state index in [4.69, 9.17) is 10.5 Å². The summed E-state index contributed by atoms with van der Waals surface area (Å²) in [6.45, 7) is 4.62. The van der Waals surface area contributed by atoms with E-state index in [1.807, 2.05) is 0 Å². The largest absolute Gasteiger partial charge is 0.374 e. The molecule has 3 N–H and O–H groups in total. The summed E-state index contributed by atoms with van der Waals surface area (Å²) in [5, 5.41) is 3.64. The SMILES string of the molecule is CC1(CNC(CN)c2ccccc2C2CC2)CCCO1. The zero-order valence-electron chi connectivity index (χ0n) is 12.4. The molecule has 1 aliphatic heterocycles. The second kappa shape index (κ2) is 5.84. The maximum Gasteiger partial charge on any atom is 0.0779 e.